The number of hydrogen-bond donors (Lipinski definition) is 0. The lowest BCUT2D eigenvalue weighted by Crippen LogP contribution is -1.96. The quantitative estimate of drug-likeness (QED) is 0.608. The highest BCUT2D eigenvalue weighted by molar-refractivity contribution is 5.37. The van der Waals surface area contributed by atoms with Gasteiger partial charge in [0.05, 0.1) is 11.0 Å². The van der Waals surface area contributed by atoms with E-state index in [1.54, 1.807) is 12.1 Å². The van der Waals surface area contributed by atoms with Crippen molar-refractivity contribution in [2.75, 3.05) is 0 Å². The van der Waals surface area contributed by atoms with Gasteiger partial charge in [0, 0.05) is 12.0 Å². The Hall–Kier alpha value is -2.44. The number of nitro benzene ring substituents is 1. The normalized spacial score (nSPS) is 10.7. The lowest BCUT2D eigenvalue weighted by molar-refractivity contribution is -0.384. The largest absolute Gasteiger partial charge is 0.484 e. The van der Waals surface area contributed by atoms with Crippen molar-refractivity contribution in [1.82, 2.24) is 10.2 Å². The number of benzene rings is 1. The Balaban J connectivity index is 2.01. The molecule has 0 aliphatic rings. The maximum absolute atomic E-state index is 10.6. The van der Waals surface area contributed by atoms with E-state index in [0.717, 1.165) is 0 Å². The first kappa shape index (κ1) is 13.0. The van der Waals surface area contributed by atoms with Gasteiger partial charge in [-0.05, 0) is 6.07 Å². The van der Waals surface area contributed by atoms with E-state index in [1.165, 1.54) is 12.1 Å². The Kier molecular flexibility index (Phi) is 3.74. The van der Waals surface area contributed by atoms with Crippen molar-refractivity contribution in [3.63, 3.8) is 0 Å². The van der Waals surface area contributed by atoms with E-state index in [9.17, 15) is 10.1 Å². The molecule has 0 aliphatic heterocycles. The van der Waals surface area contributed by atoms with E-state index in [0.29, 0.717) is 17.5 Å². The van der Waals surface area contributed by atoms with Crippen molar-refractivity contribution in [3.05, 3.63) is 46.2 Å². The van der Waals surface area contributed by atoms with Crippen molar-refractivity contribution in [1.29, 1.82) is 0 Å². The zero-order chi connectivity index (χ0) is 13.8. The van der Waals surface area contributed by atoms with Crippen molar-refractivity contribution in [2.45, 2.75) is 26.4 Å². The van der Waals surface area contributed by atoms with Gasteiger partial charge in [-0.2, -0.15) is 0 Å². The second kappa shape index (κ2) is 5.47. The summed E-state index contributed by atoms with van der Waals surface area (Å²) in [6.07, 6.45) is 0. The van der Waals surface area contributed by atoms with Crippen LogP contribution in [0.3, 0.4) is 0 Å². The molecule has 0 unspecified atom stereocenters. The summed E-state index contributed by atoms with van der Waals surface area (Å²) < 4.78 is 10.7. The second-order valence-electron chi connectivity index (χ2n) is 4.23. The standard InChI is InChI=1S/C12H13N3O4/c1-8(2)12-14-13-11(19-12)7-18-10-5-3-4-9(6-10)15(16)17/h3-6,8H,7H2,1-2H3. The van der Waals surface area contributed by atoms with Gasteiger partial charge >= 0.3 is 0 Å². The molecule has 19 heavy (non-hydrogen) atoms. The predicted octanol–water partition coefficient (Wildman–Crippen LogP) is 2.68. The Morgan fingerprint density at radius 2 is 2.21 bits per heavy atom. The number of non-ortho nitro benzene ring substituents is 1. The van der Waals surface area contributed by atoms with Crippen molar-refractivity contribution < 1.29 is 14.1 Å². The fourth-order valence-electron chi connectivity index (χ4n) is 1.39. The fourth-order valence-corrected chi connectivity index (χ4v) is 1.39. The Morgan fingerprint density at radius 3 is 2.84 bits per heavy atom. The summed E-state index contributed by atoms with van der Waals surface area (Å²) in [5.41, 5.74) is -0.0223. The third-order valence-corrected chi connectivity index (χ3v) is 2.37. The summed E-state index contributed by atoms with van der Waals surface area (Å²) in [6, 6.07) is 5.93. The van der Waals surface area contributed by atoms with Crippen LogP contribution in [0, 0.1) is 10.1 Å². The molecule has 2 aromatic rings. The average molecular weight is 263 g/mol. The molecule has 0 fully saturated rings. The van der Waals surface area contributed by atoms with Crippen LogP contribution in [0.1, 0.15) is 31.5 Å². The summed E-state index contributed by atoms with van der Waals surface area (Å²) in [7, 11) is 0. The molecular weight excluding hydrogens is 250 g/mol. The summed E-state index contributed by atoms with van der Waals surface area (Å²) >= 11 is 0. The van der Waals surface area contributed by atoms with Crippen LogP contribution in [0.5, 0.6) is 5.75 Å². The SMILES string of the molecule is CC(C)c1nnc(COc2cccc([N+](=O)[O-])c2)o1. The number of ether oxygens (including phenoxy) is 1. The molecule has 0 saturated heterocycles. The van der Waals surface area contributed by atoms with Crippen molar-refractivity contribution >= 4 is 5.69 Å². The van der Waals surface area contributed by atoms with Crippen molar-refractivity contribution in [2.24, 2.45) is 0 Å². The van der Waals surface area contributed by atoms with Crippen LogP contribution >= 0.6 is 0 Å². The zero-order valence-electron chi connectivity index (χ0n) is 10.6. The van der Waals surface area contributed by atoms with Crippen LogP contribution in [-0.4, -0.2) is 15.1 Å². The molecule has 1 aromatic heterocycles. The Morgan fingerprint density at radius 1 is 1.42 bits per heavy atom. The van der Waals surface area contributed by atoms with E-state index in [1.807, 2.05) is 13.8 Å². The second-order valence-corrected chi connectivity index (χ2v) is 4.23. The molecule has 0 radical (unpaired) electrons. The summed E-state index contributed by atoms with van der Waals surface area (Å²) in [6.45, 7) is 3.97. The number of hydrogen-bond acceptors (Lipinski definition) is 6. The van der Waals surface area contributed by atoms with Crippen LogP contribution in [0.25, 0.3) is 0 Å². The van der Waals surface area contributed by atoms with Gasteiger partial charge in [-0.15, -0.1) is 10.2 Å². The molecule has 0 bridgehead atoms. The molecule has 0 atom stereocenters. The predicted molar refractivity (Wildman–Crippen MR) is 65.8 cm³/mol. The highest BCUT2D eigenvalue weighted by atomic mass is 16.6. The van der Waals surface area contributed by atoms with Gasteiger partial charge in [0.1, 0.15) is 5.75 Å². The van der Waals surface area contributed by atoms with Crippen molar-refractivity contribution in [3.8, 4) is 5.75 Å². The molecule has 100 valence electrons. The first-order chi connectivity index (χ1) is 9.06. The molecule has 1 aromatic carbocycles. The lowest BCUT2D eigenvalue weighted by Gasteiger charge is -2.02. The van der Waals surface area contributed by atoms with E-state index in [4.69, 9.17) is 9.15 Å². The molecule has 0 saturated carbocycles. The minimum atomic E-state index is -0.476. The van der Waals surface area contributed by atoms with Crippen LogP contribution in [0.15, 0.2) is 28.7 Å². The van der Waals surface area contributed by atoms with Gasteiger partial charge in [0.2, 0.25) is 5.89 Å². The molecule has 1 heterocycles. The molecule has 2 rings (SSSR count). The average Bonchev–Trinajstić information content (AvgIpc) is 2.85. The summed E-state index contributed by atoms with van der Waals surface area (Å²) in [5, 5.41) is 18.3. The lowest BCUT2D eigenvalue weighted by atomic mass is 10.2. The minimum absolute atomic E-state index is 0.0223. The molecule has 7 heteroatoms. The summed E-state index contributed by atoms with van der Waals surface area (Å²) in [5.74, 6) is 1.42. The molecular formula is C12H13N3O4. The zero-order valence-corrected chi connectivity index (χ0v) is 10.6. The highest BCUT2D eigenvalue weighted by Gasteiger charge is 2.11. The fraction of sp³-hybridized carbons (Fsp3) is 0.333. The number of nitrogens with zero attached hydrogens (tertiary/aromatic N) is 3. The van der Waals surface area contributed by atoms with E-state index < -0.39 is 4.92 Å². The maximum Gasteiger partial charge on any atom is 0.273 e. The summed E-state index contributed by atoms with van der Waals surface area (Å²) in [4.78, 5) is 10.1. The van der Waals surface area contributed by atoms with E-state index >= 15 is 0 Å². The maximum atomic E-state index is 10.6. The van der Waals surface area contributed by atoms with E-state index in [-0.39, 0.29) is 18.2 Å². The smallest absolute Gasteiger partial charge is 0.273 e. The van der Waals surface area contributed by atoms with Gasteiger partial charge in [-0.3, -0.25) is 10.1 Å². The first-order valence-corrected chi connectivity index (χ1v) is 5.76. The third kappa shape index (κ3) is 3.27. The molecule has 0 aliphatic carbocycles. The highest BCUT2D eigenvalue weighted by Crippen LogP contribution is 2.20. The Labute approximate surface area is 109 Å². The molecule has 0 spiro atoms. The number of nitro groups is 1. The monoisotopic (exact) mass is 263 g/mol. The van der Waals surface area contributed by atoms with Gasteiger partial charge in [-0.25, -0.2) is 0 Å². The number of aromatic nitrogens is 2. The molecule has 0 amide bonds. The van der Waals surface area contributed by atoms with Gasteiger partial charge in [0.25, 0.3) is 11.6 Å². The van der Waals surface area contributed by atoms with Crippen LogP contribution in [-0.2, 0) is 6.61 Å². The Bertz CT molecular complexity index is 580. The van der Waals surface area contributed by atoms with Crippen LogP contribution in [0.4, 0.5) is 5.69 Å². The molecule has 0 N–H and O–H groups in total. The first-order valence-electron chi connectivity index (χ1n) is 5.76. The van der Waals surface area contributed by atoms with Gasteiger partial charge in [-0.1, -0.05) is 19.9 Å². The van der Waals surface area contributed by atoms with Gasteiger partial charge in [0.15, 0.2) is 6.61 Å². The third-order valence-electron chi connectivity index (χ3n) is 2.37. The van der Waals surface area contributed by atoms with Crippen LogP contribution in [0.2, 0.25) is 0 Å². The topological polar surface area (TPSA) is 91.3 Å². The van der Waals surface area contributed by atoms with Gasteiger partial charge < -0.3 is 9.15 Å². The van der Waals surface area contributed by atoms with E-state index in [2.05, 4.69) is 10.2 Å². The minimum Gasteiger partial charge on any atom is -0.484 e. The molecule has 7 nitrogen and oxygen atoms in total. The number of rotatable bonds is 5. The van der Waals surface area contributed by atoms with Crippen LogP contribution < -0.4 is 4.74 Å².